The Labute approximate surface area is 138 Å². The number of aromatic nitrogens is 2. The molecule has 4 N–H and O–H groups in total. The smallest absolute Gasteiger partial charge is 0.349 e. The highest BCUT2D eigenvalue weighted by molar-refractivity contribution is 7.17. The summed E-state index contributed by atoms with van der Waals surface area (Å²) in [5.41, 5.74) is -0.0954. The van der Waals surface area contributed by atoms with Crippen LogP contribution in [0.1, 0.15) is 15.2 Å². The molecule has 0 saturated heterocycles. The summed E-state index contributed by atoms with van der Waals surface area (Å²) in [6, 6.07) is 7.87. The summed E-state index contributed by atoms with van der Waals surface area (Å²) in [5, 5.41) is 31.7. The van der Waals surface area contributed by atoms with Gasteiger partial charge in [0.1, 0.15) is 11.3 Å². The maximum Gasteiger partial charge on any atom is 0.349 e. The molecule has 122 valence electrons. The van der Waals surface area contributed by atoms with Gasteiger partial charge in [0.25, 0.3) is 0 Å². The van der Waals surface area contributed by atoms with Gasteiger partial charge in [-0.15, -0.1) is 11.3 Å². The van der Waals surface area contributed by atoms with E-state index in [-0.39, 0.29) is 17.2 Å². The summed E-state index contributed by atoms with van der Waals surface area (Å²) in [7, 11) is 0. The van der Waals surface area contributed by atoms with Gasteiger partial charge in [-0.3, -0.25) is 4.98 Å². The molecule has 0 saturated carbocycles. The van der Waals surface area contributed by atoms with Crippen molar-refractivity contribution < 1.29 is 20.1 Å². The lowest BCUT2D eigenvalue weighted by Crippen LogP contribution is -2.11. The van der Waals surface area contributed by atoms with Crippen molar-refractivity contribution in [3.8, 4) is 22.1 Å². The van der Waals surface area contributed by atoms with Crippen molar-refractivity contribution in [1.82, 2.24) is 9.66 Å². The van der Waals surface area contributed by atoms with Crippen LogP contribution >= 0.6 is 11.3 Å². The van der Waals surface area contributed by atoms with Crippen molar-refractivity contribution >= 4 is 23.5 Å². The second-order valence-corrected chi connectivity index (χ2v) is 5.89. The fourth-order valence-corrected chi connectivity index (χ4v) is 2.89. The monoisotopic (exact) mass is 345 g/mol. The molecule has 2 heterocycles. The number of hydrogen-bond donors (Lipinski definition) is 4. The Kier molecular flexibility index (Phi) is 3.92. The third-order valence-corrected chi connectivity index (χ3v) is 4.20. The highest BCUT2D eigenvalue weighted by Gasteiger charge is 2.12. The first kappa shape index (κ1) is 15.6. The van der Waals surface area contributed by atoms with E-state index < -0.39 is 11.7 Å². The van der Waals surface area contributed by atoms with Gasteiger partial charge in [0.15, 0.2) is 0 Å². The fraction of sp³-hybridized carbons (Fsp3) is 0. The molecule has 0 amide bonds. The standard InChI is InChI=1S/C15H11N3O5S/c19-11-3-1-8(5-10(11)14(21)22)12-4-2-9(24-12)6-16-18-7-13(20)17-15(18)23/h1-7,19-20H,(H,17,23)(H,21,22)/b16-6+. The molecule has 0 radical (unpaired) electrons. The van der Waals surface area contributed by atoms with Gasteiger partial charge in [0, 0.05) is 9.75 Å². The zero-order chi connectivity index (χ0) is 17.3. The summed E-state index contributed by atoms with van der Waals surface area (Å²) in [6.07, 6.45) is 2.59. The molecule has 0 atom stereocenters. The van der Waals surface area contributed by atoms with Crippen LogP contribution in [0, 0.1) is 0 Å². The van der Waals surface area contributed by atoms with E-state index in [0.29, 0.717) is 5.56 Å². The van der Waals surface area contributed by atoms with Gasteiger partial charge < -0.3 is 15.3 Å². The first-order chi connectivity index (χ1) is 11.4. The number of hydrogen-bond acceptors (Lipinski definition) is 6. The van der Waals surface area contributed by atoms with E-state index in [9.17, 15) is 14.7 Å². The van der Waals surface area contributed by atoms with Crippen LogP contribution in [0.3, 0.4) is 0 Å². The largest absolute Gasteiger partial charge is 0.507 e. The summed E-state index contributed by atoms with van der Waals surface area (Å²) in [6.45, 7) is 0. The minimum atomic E-state index is -1.21. The van der Waals surface area contributed by atoms with E-state index in [1.165, 1.54) is 29.7 Å². The fourth-order valence-electron chi connectivity index (χ4n) is 2.02. The summed E-state index contributed by atoms with van der Waals surface area (Å²) >= 11 is 1.33. The molecule has 0 fully saturated rings. The van der Waals surface area contributed by atoms with Crippen LogP contribution in [-0.4, -0.2) is 37.2 Å². The Balaban J connectivity index is 1.88. The second kappa shape index (κ2) is 6.05. The average molecular weight is 345 g/mol. The number of H-pyrrole nitrogens is 1. The number of phenols is 1. The third kappa shape index (κ3) is 3.06. The molecule has 24 heavy (non-hydrogen) atoms. The lowest BCUT2D eigenvalue weighted by atomic mass is 10.1. The van der Waals surface area contributed by atoms with Crippen molar-refractivity contribution in [2.75, 3.05) is 0 Å². The lowest BCUT2D eigenvalue weighted by Gasteiger charge is -2.02. The van der Waals surface area contributed by atoms with Crippen LogP contribution in [0.2, 0.25) is 0 Å². The summed E-state index contributed by atoms with van der Waals surface area (Å²) < 4.78 is 0.956. The van der Waals surface area contributed by atoms with E-state index in [1.54, 1.807) is 18.2 Å². The number of carboxylic acid groups (broad SMARTS) is 1. The first-order valence-electron chi connectivity index (χ1n) is 6.65. The van der Waals surface area contributed by atoms with Crippen molar-refractivity contribution in [3.63, 3.8) is 0 Å². The van der Waals surface area contributed by atoms with Crippen LogP contribution in [0.5, 0.6) is 11.6 Å². The van der Waals surface area contributed by atoms with Gasteiger partial charge >= 0.3 is 11.7 Å². The maximum absolute atomic E-state index is 11.4. The van der Waals surface area contributed by atoms with Crippen LogP contribution in [-0.2, 0) is 0 Å². The Morgan fingerprint density at radius 2 is 2.04 bits per heavy atom. The molecule has 0 aliphatic heterocycles. The van der Waals surface area contributed by atoms with E-state index in [4.69, 9.17) is 10.2 Å². The molecule has 0 spiro atoms. The quantitative estimate of drug-likeness (QED) is 0.537. The van der Waals surface area contributed by atoms with Gasteiger partial charge in [-0.25, -0.2) is 9.59 Å². The number of aromatic amines is 1. The van der Waals surface area contributed by atoms with Crippen LogP contribution in [0.4, 0.5) is 0 Å². The molecule has 0 unspecified atom stereocenters. The number of rotatable bonds is 4. The predicted octanol–water partition coefficient (Wildman–Crippen LogP) is 1.90. The Hall–Kier alpha value is -3.33. The third-order valence-electron chi connectivity index (χ3n) is 3.14. The molecular formula is C15H11N3O5S. The number of thiophene rings is 1. The highest BCUT2D eigenvalue weighted by Crippen LogP contribution is 2.30. The molecule has 3 aromatic rings. The van der Waals surface area contributed by atoms with Gasteiger partial charge in [0.2, 0.25) is 5.88 Å². The van der Waals surface area contributed by atoms with Crippen LogP contribution in [0.15, 0.2) is 46.4 Å². The van der Waals surface area contributed by atoms with Crippen molar-refractivity contribution in [1.29, 1.82) is 0 Å². The zero-order valence-corrected chi connectivity index (χ0v) is 12.8. The Bertz CT molecular complexity index is 999. The van der Waals surface area contributed by atoms with Crippen molar-refractivity contribution in [2.45, 2.75) is 0 Å². The highest BCUT2D eigenvalue weighted by atomic mass is 32.1. The summed E-state index contributed by atoms with van der Waals surface area (Å²) in [4.78, 5) is 26.1. The molecule has 0 bridgehead atoms. The predicted molar refractivity (Wildman–Crippen MR) is 88.1 cm³/mol. The maximum atomic E-state index is 11.4. The molecule has 0 aliphatic rings. The van der Waals surface area contributed by atoms with Gasteiger partial charge in [0.05, 0.1) is 12.4 Å². The minimum Gasteiger partial charge on any atom is -0.507 e. The first-order valence-corrected chi connectivity index (χ1v) is 7.47. The van der Waals surface area contributed by atoms with Crippen molar-refractivity contribution in [2.24, 2.45) is 5.10 Å². The number of carboxylic acids is 1. The average Bonchev–Trinajstić information content (AvgIpc) is 3.12. The van der Waals surface area contributed by atoms with Crippen LogP contribution < -0.4 is 5.69 Å². The SMILES string of the molecule is O=C(O)c1cc(-c2ccc(/C=N/n3cc(O)[nH]c3=O)s2)ccc1O. The molecule has 1 aromatic carbocycles. The molecule has 9 heteroatoms. The van der Waals surface area contributed by atoms with Crippen LogP contribution in [0.25, 0.3) is 10.4 Å². The number of benzene rings is 1. The number of aromatic carboxylic acids is 1. The van der Waals surface area contributed by atoms with Crippen molar-refractivity contribution in [3.05, 3.63) is 57.5 Å². The number of carbonyl (C=O) groups is 1. The number of nitrogens with one attached hydrogen (secondary N) is 1. The second-order valence-electron chi connectivity index (χ2n) is 4.77. The normalized spacial score (nSPS) is 11.2. The molecule has 2 aromatic heterocycles. The number of aromatic hydroxyl groups is 2. The zero-order valence-electron chi connectivity index (χ0n) is 12.0. The molecule has 0 aliphatic carbocycles. The van der Waals surface area contributed by atoms with Gasteiger partial charge in [-0.1, -0.05) is 0 Å². The minimum absolute atomic E-state index is 0.175. The molecule has 3 rings (SSSR count). The summed E-state index contributed by atoms with van der Waals surface area (Å²) in [5.74, 6) is -1.79. The number of nitrogens with zero attached hydrogens (tertiary/aromatic N) is 2. The lowest BCUT2D eigenvalue weighted by molar-refractivity contribution is 0.0694. The van der Waals surface area contributed by atoms with E-state index in [1.807, 2.05) is 0 Å². The molecule has 8 nitrogen and oxygen atoms in total. The molecular weight excluding hydrogens is 334 g/mol. The van der Waals surface area contributed by atoms with E-state index in [0.717, 1.165) is 20.6 Å². The van der Waals surface area contributed by atoms with Gasteiger partial charge in [-0.05, 0) is 35.9 Å². The topological polar surface area (TPSA) is 128 Å². The van der Waals surface area contributed by atoms with E-state index >= 15 is 0 Å². The van der Waals surface area contributed by atoms with E-state index in [2.05, 4.69) is 10.1 Å². The number of imidazole rings is 1. The van der Waals surface area contributed by atoms with Gasteiger partial charge in [-0.2, -0.15) is 9.78 Å². The Morgan fingerprint density at radius 1 is 1.25 bits per heavy atom. The Morgan fingerprint density at radius 3 is 2.71 bits per heavy atom.